The quantitative estimate of drug-likeness (QED) is 0.668. The van der Waals surface area contributed by atoms with Gasteiger partial charge in [0.05, 0.1) is 29.4 Å². The van der Waals surface area contributed by atoms with Gasteiger partial charge in [-0.1, -0.05) is 20.8 Å². The summed E-state index contributed by atoms with van der Waals surface area (Å²) in [5.41, 5.74) is 1.68. The molecule has 0 saturated heterocycles. The van der Waals surface area contributed by atoms with E-state index in [4.69, 9.17) is 15.1 Å². The molecule has 0 spiro atoms. The fourth-order valence-corrected chi connectivity index (χ4v) is 3.12. The second-order valence-corrected chi connectivity index (χ2v) is 7.00. The Morgan fingerprint density at radius 2 is 1.63 bits per heavy atom. The van der Waals surface area contributed by atoms with Gasteiger partial charge in [-0.2, -0.15) is 15.8 Å². The van der Waals surface area contributed by atoms with E-state index in [1.54, 1.807) is 6.07 Å². The molecule has 0 heterocycles. The smallest absolute Gasteiger partial charge is 0.306 e. The maximum Gasteiger partial charge on any atom is 0.306 e. The van der Waals surface area contributed by atoms with Crippen molar-refractivity contribution in [2.75, 3.05) is 13.2 Å². The zero-order valence-corrected chi connectivity index (χ0v) is 16.0. The van der Waals surface area contributed by atoms with E-state index >= 15 is 0 Å². The van der Waals surface area contributed by atoms with E-state index in [0.29, 0.717) is 5.56 Å². The lowest BCUT2D eigenvalue weighted by molar-refractivity contribution is -0.145. The molecule has 0 aromatic heterocycles. The van der Waals surface area contributed by atoms with Crippen LogP contribution >= 0.6 is 0 Å². The van der Waals surface area contributed by atoms with Gasteiger partial charge in [0.1, 0.15) is 18.7 Å². The van der Waals surface area contributed by atoms with E-state index in [0.717, 1.165) is 18.4 Å². The number of ether oxygens (including phenoxy) is 1. The molecule has 0 aliphatic rings. The lowest BCUT2D eigenvalue weighted by atomic mass is 9.79. The standard InChI is InChI=1S/C21H25N3O3/c1-14(2)19(5-4-15(3)8-21(26)27-7-6-25)20-10-17(12-23)16(11-22)9-18(20)13-24/h9-10,14-15,19,25H,4-8H2,1-3H3/t15-,19+/m1/s1. The van der Waals surface area contributed by atoms with Crippen molar-refractivity contribution in [2.24, 2.45) is 11.8 Å². The molecule has 6 nitrogen and oxygen atoms in total. The number of carbonyl (C=O) groups is 1. The van der Waals surface area contributed by atoms with Crippen molar-refractivity contribution in [3.63, 3.8) is 0 Å². The van der Waals surface area contributed by atoms with Crippen LogP contribution in [0.25, 0.3) is 0 Å². The summed E-state index contributed by atoms with van der Waals surface area (Å²) in [6.45, 7) is 5.88. The lowest BCUT2D eigenvalue weighted by Gasteiger charge is -2.24. The summed E-state index contributed by atoms with van der Waals surface area (Å²) in [6, 6.07) is 9.27. The fourth-order valence-electron chi connectivity index (χ4n) is 3.12. The van der Waals surface area contributed by atoms with Crippen LogP contribution in [0.5, 0.6) is 0 Å². The minimum atomic E-state index is -0.333. The van der Waals surface area contributed by atoms with Gasteiger partial charge < -0.3 is 9.84 Å². The van der Waals surface area contributed by atoms with E-state index in [2.05, 4.69) is 19.9 Å². The summed E-state index contributed by atoms with van der Waals surface area (Å²) >= 11 is 0. The second kappa shape index (κ2) is 11.0. The van der Waals surface area contributed by atoms with Crippen molar-refractivity contribution in [3.05, 3.63) is 34.4 Å². The van der Waals surface area contributed by atoms with Crippen LogP contribution in [0.15, 0.2) is 12.1 Å². The number of carbonyl (C=O) groups excluding carboxylic acids is 1. The molecule has 142 valence electrons. The minimum Gasteiger partial charge on any atom is -0.463 e. The number of aliphatic hydroxyl groups excluding tert-OH is 1. The Kier molecular flexibility index (Phi) is 9.00. The van der Waals surface area contributed by atoms with Crippen molar-refractivity contribution >= 4 is 5.97 Å². The second-order valence-electron chi connectivity index (χ2n) is 7.00. The largest absolute Gasteiger partial charge is 0.463 e. The van der Waals surface area contributed by atoms with Crippen molar-refractivity contribution in [1.29, 1.82) is 15.8 Å². The number of nitriles is 3. The molecule has 27 heavy (non-hydrogen) atoms. The van der Waals surface area contributed by atoms with Crippen LogP contribution in [0.3, 0.4) is 0 Å². The molecule has 1 N–H and O–H groups in total. The van der Waals surface area contributed by atoms with E-state index in [9.17, 15) is 15.3 Å². The number of rotatable bonds is 9. The molecule has 0 saturated carbocycles. The molecule has 1 rings (SSSR count). The third-order valence-corrected chi connectivity index (χ3v) is 4.60. The molecule has 2 atom stereocenters. The van der Waals surface area contributed by atoms with Crippen molar-refractivity contribution in [2.45, 2.75) is 46.0 Å². The maximum absolute atomic E-state index is 11.7. The highest BCUT2D eigenvalue weighted by Crippen LogP contribution is 2.34. The molecule has 1 aromatic carbocycles. The van der Waals surface area contributed by atoms with Gasteiger partial charge in [0.2, 0.25) is 0 Å². The summed E-state index contributed by atoms with van der Waals surface area (Å²) < 4.78 is 4.89. The molecule has 1 aromatic rings. The third kappa shape index (κ3) is 6.41. The average Bonchev–Trinajstić information content (AvgIpc) is 2.65. The monoisotopic (exact) mass is 367 g/mol. The summed E-state index contributed by atoms with van der Waals surface area (Å²) in [6.07, 6.45) is 1.77. The Morgan fingerprint density at radius 1 is 1.04 bits per heavy atom. The summed E-state index contributed by atoms with van der Waals surface area (Å²) in [4.78, 5) is 11.7. The molecule has 6 heteroatoms. The van der Waals surface area contributed by atoms with Crippen molar-refractivity contribution < 1.29 is 14.6 Å². The van der Waals surface area contributed by atoms with Gasteiger partial charge in [-0.25, -0.2) is 0 Å². The van der Waals surface area contributed by atoms with Gasteiger partial charge in [-0.05, 0) is 48.3 Å². The predicted octanol–water partition coefficient (Wildman–Crippen LogP) is 3.38. The van der Waals surface area contributed by atoms with Crippen molar-refractivity contribution in [3.8, 4) is 18.2 Å². The number of esters is 1. The Balaban J connectivity index is 2.97. The SMILES string of the molecule is CC(C)[C@H](CC[C@@H](C)CC(=O)OCCO)c1cc(C#N)c(C#N)cc1C#N. The highest BCUT2D eigenvalue weighted by atomic mass is 16.5. The van der Waals surface area contributed by atoms with Crippen molar-refractivity contribution in [1.82, 2.24) is 0 Å². The molecule has 0 aliphatic heterocycles. The highest BCUT2D eigenvalue weighted by molar-refractivity contribution is 5.69. The van der Waals surface area contributed by atoms with E-state index in [-0.39, 0.29) is 54.5 Å². The Hall–Kier alpha value is -2.88. The summed E-state index contributed by atoms with van der Waals surface area (Å²) in [5, 5.41) is 36.6. The fraction of sp³-hybridized carbons (Fsp3) is 0.524. The molecule has 0 aliphatic carbocycles. The van der Waals surface area contributed by atoms with E-state index in [1.165, 1.54) is 6.07 Å². The minimum absolute atomic E-state index is 0.00782. The molecule has 0 bridgehead atoms. The molecule has 0 fully saturated rings. The zero-order valence-electron chi connectivity index (χ0n) is 16.0. The number of nitrogens with zero attached hydrogens (tertiary/aromatic N) is 3. The molecular formula is C21H25N3O3. The number of hydrogen-bond acceptors (Lipinski definition) is 6. The maximum atomic E-state index is 11.7. The normalized spacial score (nSPS) is 12.5. The third-order valence-electron chi connectivity index (χ3n) is 4.60. The first-order chi connectivity index (χ1) is 12.9. The summed E-state index contributed by atoms with van der Waals surface area (Å²) in [5.74, 6) is 0.0258. The Labute approximate surface area is 160 Å². The molecule has 0 radical (unpaired) electrons. The number of hydrogen-bond donors (Lipinski definition) is 1. The van der Waals surface area contributed by atoms with E-state index in [1.807, 2.05) is 19.1 Å². The zero-order chi connectivity index (χ0) is 20.4. The number of benzene rings is 1. The van der Waals surface area contributed by atoms with Crippen LogP contribution in [0.4, 0.5) is 0 Å². The molecule has 0 unspecified atom stereocenters. The van der Waals surface area contributed by atoms with Gasteiger partial charge in [0, 0.05) is 6.42 Å². The van der Waals surface area contributed by atoms with Crippen LogP contribution in [0.1, 0.15) is 68.2 Å². The number of aliphatic hydroxyl groups is 1. The first kappa shape index (κ1) is 22.2. The van der Waals surface area contributed by atoms with Crippen LogP contribution in [-0.4, -0.2) is 24.3 Å². The van der Waals surface area contributed by atoms with Gasteiger partial charge >= 0.3 is 5.97 Å². The topological polar surface area (TPSA) is 118 Å². The first-order valence-corrected chi connectivity index (χ1v) is 9.02. The van der Waals surface area contributed by atoms with Crippen LogP contribution in [0.2, 0.25) is 0 Å². The Bertz CT molecular complexity index is 782. The first-order valence-electron chi connectivity index (χ1n) is 9.02. The van der Waals surface area contributed by atoms with Gasteiger partial charge in [-0.3, -0.25) is 4.79 Å². The van der Waals surface area contributed by atoms with E-state index < -0.39 is 0 Å². The van der Waals surface area contributed by atoms with Gasteiger partial charge in [-0.15, -0.1) is 0 Å². The average molecular weight is 367 g/mol. The lowest BCUT2D eigenvalue weighted by Crippen LogP contribution is -2.15. The highest BCUT2D eigenvalue weighted by Gasteiger charge is 2.23. The predicted molar refractivity (Wildman–Crippen MR) is 99.2 cm³/mol. The molecular weight excluding hydrogens is 342 g/mol. The van der Waals surface area contributed by atoms with Crippen LogP contribution < -0.4 is 0 Å². The molecule has 0 amide bonds. The van der Waals surface area contributed by atoms with Crippen LogP contribution in [-0.2, 0) is 9.53 Å². The van der Waals surface area contributed by atoms with Crippen LogP contribution in [0, 0.1) is 45.8 Å². The summed E-state index contributed by atoms with van der Waals surface area (Å²) in [7, 11) is 0. The van der Waals surface area contributed by atoms with Gasteiger partial charge in [0.25, 0.3) is 0 Å². The Morgan fingerprint density at radius 3 is 2.15 bits per heavy atom. The van der Waals surface area contributed by atoms with Gasteiger partial charge in [0.15, 0.2) is 0 Å².